The van der Waals surface area contributed by atoms with E-state index in [9.17, 15) is 0 Å². The second kappa shape index (κ2) is 5.70. The lowest BCUT2D eigenvalue weighted by Gasteiger charge is -2.15. The number of aryl methyl sites for hydroxylation is 3. The topological polar surface area (TPSA) is 29.9 Å². The minimum absolute atomic E-state index is 0.951. The summed E-state index contributed by atoms with van der Waals surface area (Å²) in [6.07, 6.45) is 4.96. The summed E-state index contributed by atoms with van der Waals surface area (Å²) in [7, 11) is 0. The van der Waals surface area contributed by atoms with E-state index in [1.807, 2.05) is 0 Å². The lowest BCUT2D eigenvalue weighted by Crippen LogP contribution is -2.15. The van der Waals surface area contributed by atoms with Crippen molar-refractivity contribution >= 4 is 5.69 Å². The summed E-state index contributed by atoms with van der Waals surface area (Å²) in [5.41, 5.74) is 5.31. The Morgan fingerprint density at radius 3 is 2.90 bits per heavy atom. The van der Waals surface area contributed by atoms with Gasteiger partial charge in [-0.15, -0.1) is 0 Å². The molecule has 3 rings (SSSR count). The van der Waals surface area contributed by atoms with Crippen molar-refractivity contribution < 1.29 is 0 Å². The van der Waals surface area contributed by atoms with Crippen LogP contribution >= 0.6 is 0 Å². The van der Waals surface area contributed by atoms with Gasteiger partial charge in [-0.3, -0.25) is 0 Å². The van der Waals surface area contributed by atoms with Gasteiger partial charge in [-0.05, 0) is 57.2 Å². The Morgan fingerprint density at radius 1 is 1.20 bits per heavy atom. The Labute approximate surface area is 121 Å². The molecule has 1 aromatic heterocycles. The van der Waals surface area contributed by atoms with E-state index < -0.39 is 0 Å². The Hall–Kier alpha value is -1.77. The molecular formula is C17H23N3. The van der Waals surface area contributed by atoms with Crippen LogP contribution in [-0.4, -0.2) is 16.1 Å². The van der Waals surface area contributed by atoms with E-state index in [1.165, 1.54) is 47.7 Å². The number of aromatic nitrogens is 2. The molecule has 20 heavy (non-hydrogen) atoms. The molecule has 3 heteroatoms. The van der Waals surface area contributed by atoms with Gasteiger partial charge in [0.05, 0.1) is 5.69 Å². The van der Waals surface area contributed by atoms with E-state index in [1.54, 1.807) is 0 Å². The zero-order valence-electron chi connectivity index (χ0n) is 12.4. The fraction of sp³-hybridized carbons (Fsp3) is 0.471. The minimum Gasteiger partial charge on any atom is -0.383 e. The third-order valence-corrected chi connectivity index (χ3v) is 4.11. The van der Waals surface area contributed by atoms with E-state index in [0.29, 0.717) is 0 Å². The maximum Gasteiger partial charge on any atom is 0.106 e. The number of nitrogens with zero attached hydrogens (tertiary/aromatic N) is 2. The number of anilines is 1. The van der Waals surface area contributed by atoms with Crippen LogP contribution in [0, 0.1) is 13.8 Å². The number of nitrogens with one attached hydrogen (secondary N) is 1. The van der Waals surface area contributed by atoms with Gasteiger partial charge in [-0.1, -0.05) is 12.1 Å². The third kappa shape index (κ3) is 2.72. The summed E-state index contributed by atoms with van der Waals surface area (Å²) in [5, 5.41) is 3.51. The van der Waals surface area contributed by atoms with Gasteiger partial charge in [0, 0.05) is 24.5 Å². The molecule has 106 valence electrons. The van der Waals surface area contributed by atoms with Crippen LogP contribution in [0.25, 0.3) is 0 Å². The molecule has 3 nitrogen and oxygen atoms in total. The molecule has 0 fully saturated rings. The zero-order valence-corrected chi connectivity index (χ0v) is 12.4. The average molecular weight is 269 g/mol. The van der Waals surface area contributed by atoms with Crippen LogP contribution in [0.2, 0.25) is 0 Å². The van der Waals surface area contributed by atoms with E-state index in [-0.39, 0.29) is 0 Å². The quantitative estimate of drug-likeness (QED) is 0.920. The average Bonchev–Trinajstić information content (AvgIpc) is 2.75. The maximum absolute atomic E-state index is 4.73. The second-order valence-electron chi connectivity index (χ2n) is 5.71. The monoisotopic (exact) mass is 269 g/mol. The number of hydrogen-bond acceptors (Lipinski definition) is 2. The number of benzene rings is 1. The molecule has 0 amide bonds. The van der Waals surface area contributed by atoms with Crippen molar-refractivity contribution in [1.82, 2.24) is 9.55 Å². The molecule has 0 aliphatic heterocycles. The first kappa shape index (κ1) is 13.2. The van der Waals surface area contributed by atoms with Gasteiger partial charge in [0.2, 0.25) is 0 Å². The molecule has 0 saturated carbocycles. The van der Waals surface area contributed by atoms with Crippen LogP contribution in [0.4, 0.5) is 5.69 Å². The summed E-state index contributed by atoms with van der Waals surface area (Å²) < 4.78 is 2.40. The predicted molar refractivity (Wildman–Crippen MR) is 83.3 cm³/mol. The van der Waals surface area contributed by atoms with Crippen molar-refractivity contribution in [2.24, 2.45) is 0 Å². The molecule has 0 atom stereocenters. The number of imidazole rings is 1. The highest BCUT2D eigenvalue weighted by Gasteiger charge is 2.17. The van der Waals surface area contributed by atoms with E-state index in [2.05, 4.69) is 48.0 Å². The standard InChI is InChI=1S/C17H23N3/c1-13-6-5-7-15(12-13)18-10-11-20-14(2)19-16-8-3-4-9-17(16)20/h5-7,12,18H,3-4,8-11H2,1-2H3. The predicted octanol–water partition coefficient (Wildman–Crippen LogP) is 3.49. The Morgan fingerprint density at radius 2 is 2.05 bits per heavy atom. The number of rotatable bonds is 4. The zero-order chi connectivity index (χ0) is 13.9. The van der Waals surface area contributed by atoms with Crippen LogP contribution in [-0.2, 0) is 19.4 Å². The summed E-state index contributed by atoms with van der Waals surface area (Å²) in [6.45, 7) is 6.21. The summed E-state index contributed by atoms with van der Waals surface area (Å²) in [6, 6.07) is 8.54. The Kier molecular flexibility index (Phi) is 3.77. The molecule has 1 aliphatic carbocycles. The smallest absolute Gasteiger partial charge is 0.106 e. The fourth-order valence-electron chi connectivity index (χ4n) is 3.10. The Balaban J connectivity index is 1.65. The van der Waals surface area contributed by atoms with Crippen molar-refractivity contribution in [3.63, 3.8) is 0 Å². The minimum atomic E-state index is 0.951. The molecule has 1 N–H and O–H groups in total. The molecule has 2 aromatic rings. The molecule has 1 heterocycles. The molecule has 0 unspecified atom stereocenters. The molecule has 0 bridgehead atoms. The van der Waals surface area contributed by atoms with Crippen molar-refractivity contribution in [2.45, 2.75) is 46.1 Å². The van der Waals surface area contributed by atoms with Crippen molar-refractivity contribution in [3.05, 3.63) is 47.0 Å². The maximum atomic E-state index is 4.73. The van der Waals surface area contributed by atoms with Gasteiger partial charge >= 0.3 is 0 Å². The SMILES string of the molecule is Cc1cccc(NCCn2c(C)nc3c2CCCC3)c1. The van der Waals surface area contributed by atoms with E-state index in [4.69, 9.17) is 4.98 Å². The van der Waals surface area contributed by atoms with Gasteiger partial charge in [0.1, 0.15) is 5.82 Å². The fourth-order valence-corrected chi connectivity index (χ4v) is 3.10. The first-order valence-electron chi connectivity index (χ1n) is 7.59. The summed E-state index contributed by atoms with van der Waals surface area (Å²) in [4.78, 5) is 4.73. The largest absolute Gasteiger partial charge is 0.383 e. The van der Waals surface area contributed by atoms with Crippen molar-refractivity contribution in [2.75, 3.05) is 11.9 Å². The molecule has 0 spiro atoms. The van der Waals surface area contributed by atoms with Gasteiger partial charge in [-0.25, -0.2) is 4.98 Å². The third-order valence-electron chi connectivity index (χ3n) is 4.11. The molecule has 1 aromatic carbocycles. The molecular weight excluding hydrogens is 246 g/mol. The molecule has 0 saturated heterocycles. The van der Waals surface area contributed by atoms with Crippen molar-refractivity contribution in [1.29, 1.82) is 0 Å². The lowest BCUT2D eigenvalue weighted by atomic mass is 10.0. The van der Waals surface area contributed by atoms with Gasteiger partial charge < -0.3 is 9.88 Å². The highest BCUT2D eigenvalue weighted by atomic mass is 15.1. The van der Waals surface area contributed by atoms with E-state index in [0.717, 1.165) is 19.5 Å². The van der Waals surface area contributed by atoms with Gasteiger partial charge in [0.15, 0.2) is 0 Å². The van der Waals surface area contributed by atoms with E-state index >= 15 is 0 Å². The summed E-state index contributed by atoms with van der Waals surface area (Å²) >= 11 is 0. The first-order valence-corrected chi connectivity index (χ1v) is 7.59. The second-order valence-corrected chi connectivity index (χ2v) is 5.71. The first-order chi connectivity index (χ1) is 9.74. The molecule has 1 aliphatic rings. The van der Waals surface area contributed by atoms with Crippen molar-refractivity contribution in [3.8, 4) is 0 Å². The Bertz CT molecular complexity index is 598. The summed E-state index contributed by atoms with van der Waals surface area (Å²) in [5.74, 6) is 1.17. The normalized spacial score (nSPS) is 14.1. The highest BCUT2D eigenvalue weighted by molar-refractivity contribution is 5.45. The lowest BCUT2D eigenvalue weighted by molar-refractivity contribution is 0.606. The highest BCUT2D eigenvalue weighted by Crippen LogP contribution is 2.22. The van der Waals surface area contributed by atoms with Crippen LogP contribution in [0.15, 0.2) is 24.3 Å². The van der Waals surface area contributed by atoms with Gasteiger partial charge in [0.25, 0.3) is 0 Å². The molecule has 0 radical (unpaired) electrons. The number of fused-ring (bicyclic) bond motifs is 1. The van der Waals surface area contributed by atoms with Crippen LogP contribution in [0.5, 0.6) is 0 Å². The number of hydrogen-bond donors (Lipinski definition) is 1. The van der Waals surface area contributed by atoms with Gasteiger partial charge in [-0.2, -0.15) is 0 Å². The van der Waals surface area contributed by atoms with Crippen LogP contribution in [0.3, 0.4) is 0 Å². The van der Waals surface area contributed by atoms with Crippen LogP contribution < -0.4 is 5.32 Å². The van der Waals surface area contributed by atoms with Crippen LogP contribution in [0.1, 0.15) is 35.6 Å².